The molecule has 3 heteroatoms. The Morgan fingerprint density at radius 1 is 1.06 bits per heavy atom. The Bertz CT molecular complexity index is 703. The highest BCUT2D eigenvalue weighted by molar-refractivity contribution is 9.10. The molecule has 0 atom stereocenters. The van der Waals surface area contributed by atoms with Crippen molar-refractivity contribution in [2.45, 2.75) is 0 Å². The summed E-state index contributed by atoms with van der Waals surface area (Å²) in [5.74, 6) is 0.868. The molecule has 0 aliphatic heterocycles. The monoisotopic (exact) mass is 301 g/mol. The van der Waals surface area contributed by atoms with Crippen LogP contribution in [0.2, 0.25) is 0 Å². The molecule has 0 aliphatic carbocycles. The number of H-pyrrole nitrogens is 1. The number of aromatic amines is 1. The molecule has 1 heterocycles. The predicted octanol–water partition coefficient (Wildman–Crippen LogP) is 4.61. The zero-order chi connectivity index (χ0) is 12.5. The van der Waals surface area contributed by atoms with Crippen molar-refractivity contribution in [1.29, 1.82) is 0 Å². The zero-order valence-electron chi connectivity index (χ0n) is 9.91. The molecule has 18 heavy (non-hydrogen) atoms. The number of benzene rings is 2. The second-order valence-electron chi connectivity index (χ2n) is 4.15. The fourth-order valence-electron chi connectivity index (χ4n) is 2.05. The quantitative estimate of drug-likeness (QED) is 0.735. The van der Waals surface area contributed by atoms with Gasteiger partial charge in [0.05, 0.1) is 7.11 Å². The maximum atomic E-state index is 5.25. The van der Waals surface area contributed by atoms with Crippen LogP contribution in [0.1, 0.15) is 0 Å². The topological polar surface area (TPSA) is 25.0 Å². The number of methoxy groups -OCH3 is 1. The highest BCUT2D eigenvalue weighted by atomic mass is 79.9. The number of fused-ring (bicyclic) bond motifs is 1. The first-order chi connectivity index (χ1) is 8.76. The molecule has 0 radical (unpaired) electrons. The van der Waals surface area contributed by atoms with Crippen LogP contribution in [-0.2, 0) is 0 Å². The van der Waals surface area contributed by atoms with Crippen molar-refractivity contribution in [2.75, 3.05) is 7.11 Å². The highest BCUT2D eigenvalue weighted by Crippen LogP contribution is 2.28. The van der Waals surface area contributed by atoms with E-state index in [1.54, 1.807) is 7.11 Å². The van der Waals surface area contributed by atoms with Crippen molar-refractivity contribution >= 4 is 26.8 Å². The van der Waals surface area contributed by atoms with Gasteiger partial charge in [-0.1, -0.05) is 34.1 Å². The van der Waals surface area contributed by atoms with E-state index in [0.717, 1.165) is 27.0 Å². The molecule has 1 N–H and O–H groups in total. The average molecular weight is 302 g/mol. The minimum Gasteiger partial charge on any atom is -0.497 e. The minimum absolute atomic E-state index is 0.868. The van der Waals surface area contributed by atoms with E-state index in [-0.39, 0.29) is 0 Å². The minimum atomic E-state index is 0.868. The fraction of sp³-hybridized carbons (Fsp3) is 0.0667. The van der Waals surface area contributed by atoms with E-state index in [0.29, 0.717) is 0 Å². The molecular weight excluding hydrogens is 290 g/mol. The van der Waals surface area contributed by atoms with Gasteiger partial charge in [0.25, 0.3) is 0 Å². The summed E-state index contributed by atoms with van der Waals surface area (Å²) >= 11 is 3.48. The smallest absolute Gasteiger partial charge is 0.119 e. The summed E-state index contributed by atoms with van der Waals surface area (Å²) in [6.07, 6.45) is 0. The number of hydrogen-bond donors (Lipinski definition) is 1. The lowest BCUT2D eigenvalue weighted by Crippen LogP contribution is -1.83. The first kappa shape index (κ1) is 11.4. The number of halogens is 1. The van der Waals surface area contributed by atoms with Crippen LogP contribution in [0.3, 0.4) is 0 Å². The third-order valence-electron chi connectivity index (χ3n) is 2.97. The Morgan fingerprint density at radius 3 is 2.78 bits per heavy atom. The van der Waals surface area contributed by atoms with E-state index in [1.165, 1.54) is 5.39 Å². The summed E-state index contributed by atoms with van der Waals surface area (Å²) in [5, 5.41) is 1.20. The average Bonchev–Trinajstić information content (AvgIpc) is 2.81. The Balaban J connectivity index is 2.13. The molecule has 0 amide bonds. The van der Waals surface area contributed by atoms with Crippen molar-refractivity contribution in [3.8, 4) is 17.0 Å². The van der Waals surface area contributed by atoms with Crippen LogP contribution in [0.25, 0.3) is 22.2 Å². The van der Waals surface area contributed by atoms with Gasteiger partial charge in [0.2, 0.25) is 0 Å². The fourth-order valence-corrected chi connectivity index (χ4v) is 2.41. The number of rotatable bonds is 2. The molecule has 1 aromatic heterocycles. The predicted molar refractivity (Wildman–Crippen MR) is 78.0 cm³/mol. The molecule has 0 fully saturated rings. The Hall–Kier alpha value is -1.74. The van der Waals surface area contributed by atoms with Crippen molar-refractivity contribution < 1.29 is 4.74 Å². The van der Waals surface area contributed by atoms with Gasteiger partial charge in [0.1, 0.15) is 5.75 Å². The molecule has 0 bridgehead atoms. The number of hydrogen-bond acceptors (Lipinski definition) is 1. The second-order valence-corrected chi connectivity index (χ2v) is 5.06. The molecule has 0 unspecified atom stereocenters. The van der Waals surface area contributed by atoms with E-state index >= 15 is 0 Å². The standard InChI is InChI=1S/C15H12BrNO/c1-18-13-4-2-3-10(7-13)14-8-11-5-6-12(16)9-15(11)17-14/h2-9,17H,1H3. The highest BCUT2D eigenvalue weighted by Gasteiger charge is 2.04. The van der Waals surface area contributed by atoms with Gasteiger partial charge in [-0.3, -0.25) is 0 Å². The lowest BCUT2D eigenvalue weighted by Gasteiger charge is -2.02. The first-order valence-electron chi connectivity index (χ1n) is 5.69. The lowest BCUT2D eigenvalue weighted by atomic mass is 10.1. The molecule has 0 spiro atoms. The van der Waals surface area contributed by atoms with Crippen LogP contribution >= 0.6 is 15.9 Å². The van der Waals surface area contributed by atoms with Crippen molar-refractivity contribution in [3.05, 3.63) is 53.0 Å². The van der Waals surface area contributed by atoms with Crippen LogP contribution in [0.4, 0.5) is 0 Å². The van der Waals surface area contributed by atoms with Gasteiger partial charge >= 0.3 is 0 Å². The zero-order valence-corrected chi connectivity index (χ0v) is 11.5. The first-order valence-corrected chi connectivity index (χ1v) is 6.48. The summed E-state index contributed by atoms with van der Waals surface area (Å²) in [6.45, 7) is 0. The molecule has 3 rings (SSSR count). The summed E-state index contributed by atoms with van der Waals surface area (Å²) in [5.41, 5.74) is 3.35. The van der Waals surface area contributed by atoms with Gasteiger partial charge in [-0.2, -0.15) is 0 Å². The Labute approximate surface area is 114 Å². The molecule has 2 nitrogen and oxygen atoms in total. The van der Waals surface area contributed by atoms with E-state index in [9.17, 15) is 0 Å². The number of nitrogens with one attached hydrogen (secondary N) is 1. The van der Waals surface area contributed by atoms with Gasteiger partial charge in [0.15, 0.2) is 0 Å². The van der Waals surface area contributed by atoms with Crippen molar-refractivity contribution in [1.82, 2.24) is 4.98 Å². The summed E-state index contributed by atoms with van der Waals surface area (Å²) in [7, 11) is 1.68. The number of ether oxygens (including phenoxy) is 1. The van der Waals surface area contributed by atoms with Crippen LogP contribution in [0, 0.1) is 0 Å². The molecular formula is C15H12BrNO. The van der Waals surface area contributed by atoms with Crippen LogP contribution in [0.15, 0.2) is 53.0 Å². The molecule has 90 valence electrons. The van der Waals surface area contributed by atoms with Crippen molar-refractivity contribution in [2.24, 2.45) is 0 Å². The molecule has 3 aromatic rings. The molecule has 2 aromatic carbocycles. The van der Waals surface area contributed by atoms with E-state index < -0.39 is 0 Å². The van der Waals surface area contributed by atoms with Gasteiger partial charge < -0.3 is 9.72 Å². The summed E-state index contributed by atoms with van der Waals surface area (Å²) < 4.78 is 6.33. The van der Waals surface area contributed by atoms with E-state index in [1.807, 2.05) is 24.3 Å². The third kappa shape index (κ3) is 2.02. The second kappa shape index (κ2) is 4.50. The lowest BCUT2D eigenvalue weighted by molar-refractivity contribution is 0.415. The van der Waals surface area contributed by atoms with Gasteiger partial charge in [-0.15, -0.1) is 0 Å². The Kier molecular flexibility index (Phi) is 2.84. The van der Waals surface area contributed by atoms with E-state index in [2.05, 4.69) is 45.2 Å². The summed E-state index contributed by atoms with van der Waals surface area (Å²) in [6, 6.07) is 16.4. The molecule has 0 aliphatic rings. The van der Waals surface area contributed by atoms with E-state index in [4.69, 9.17) is 4.74 Å². The van der Waals surface area contributed by atoms with Gasteiger partial charge in [0, 0.05) is 26.6 Å². The molecule has 0 saturated heterocycles. The largest absolute Gasteiger partial charge is 0.497 e. The van der Waals surface area contributed by atoms with Gasteiger partial charge in [-0.05, 0) is 30.3 Å². The normalized spacial score (nSPS) is 10.8. The SMILES string of the molecule is COc1cccc(-c2cc3ccc(Br)cc3[nH]2)c1. The third-order valence-corrected chi connectivity index (χ3v) is 3.46. The molecule has 0 saturated carbocycles. The maximum Gasteiger partial charge on any atom is 0.119 e. The van der Waals surface area contributed by atoms with Crippen LogP contribution < -0.4 is 4.74 Å². The maximum absolute atomic E-state index is 5.25. The number of aromatic nitrogens is 1. The Morgan fingerprint density at radius 2 is 1.94 bits per heavy atom. The van der Waals surface area contributed by atoms with Crippen molar-refractivity contribution in [3.63, 3.8) is 0 Å². The van der Waals surface area contributed by atoms with Crippen LogP contribution in [0.5, 0.6) is 5.75 Å². The van der Waals surface area contributed by atoms with Gasteiger partial charge in [-0.25, -0.2) is 0 Å². The van der Waals surface area contributed by atoms with Crippen LogP contribution in [-0.4, -0.2) is 12.1 Å². The summed E-state index contributed by atoms with van der Waals surface area (Å²) in [4.78, 5) is 3.42.